The molecule has 0 saturated carbocycles. The summed E-state index contributed by atoms with van der Waals surface area (Å²) in [6, 6.07) is 80.5. The molecule has 2 nitrogen and oxygen atoms in total. The molecule has 0 atom stereocenters. The highest BCUT2D eigenvalue weighted by Crippen LogP contribution is 2.52. The first kappa shape index (κ1) is 41.5. The minimum absolute atomic E-state index is 0.247. The molecule has 3 heteroatoms. The van der Waals surface area contributed by atoms with Gasteiger partial charge in [-0.1, -0.05) is 221 Å². The summed E-state index contributed by atoms with van der Waals surface area (Å²) >= 11 is 1.87. The molecule has 0 bridgehead atoms. The summed E-state index contributed by atoms with van der Waals surface area (Å²) < 4.78 is 2.61. The summed E-state index contributed by atoms with van der Waals surface area (Å²) in [4.78, 5) is 11.3. The second-order valence-electron chi connectivity index (χ2n) is 20.0. The Morgan fingerprint density at radius 3 is 1.31 bits per heavy atom. The van der Waals surface area contributed by atoms with Gasteiger partial charge >= 0.3 is 0 Å². The Balaban J connectivity index is 0.960. The van der Waals surface area contributed by atoms with Gasteiger partial charge in [-0.2, -0.15) is 0 Å². The molecule has 0 amide bonds. The lowest BCUT2D eigenvalue weighted by Crippen LogP contribution is -2.15. The first-order valence-corrected chi connectivity index (χ1v) is 25.4. The van der Waals surface area contributed by atoms with Crippen LogP contribution in [0.4, 0.5) is 0 Å². The summed E-state index contributed by atoms with van der Waals surface area (Å²) in [6.45, 7) is 6.98. The second kappa shape index (κ2) is 16.0. The third-order valence-corrected chi connectivity index (χ3v) is 16.0. The van der Waals surface area contributed by atoms with Crippen LogP contribution in [0.2, 0.25) is 0 Å². The number of fused-ring (bicyclic) bond motifs is 19. The van der Waals surface area contributed by atoms with Gasteiger partial charge in [-0.25, -0.2) is 4.98 Å². The van der Waals surface area contributed by atoms with Gasteiger partial charge in [0.2, 0.25) is 0 Å². The van der Waals surface area contributed by atoms with E-state index in [0.29, 0.717) is 0 Å². The Kier molecular flexibility index (Phi) is 9.36. The third kappa shape index (κ3) is 6.54. The first-order chi connectivity index (χ1) is 34.9. The van der Waals surface area contributed by atoms with E-state index in [4.69, 9.17) is 9.97 Å². The molecule has 0 radical (unpaired) electrons. The van der Waals surface area contributed by atoms with Gasteiger partial charge in [0, 0.05) is 36.9 Å². The molecule has 2 aromatic heterocycles. The molecule has 14 rings (SSSR count). The van der Waals surface area contributed by atoms with Crippen LogP contribution in [0.3, 0.4) is 0 Å². The van der Waals surface area contributed by atoms with Crippen LogP contribution in [0.5, 0.6) is 0 Å². The third-order valence-electron chi connectivity index (χ3n) is 14.8. The van der Waals surface area contributed by atoms with Crippen LogP contribution in [-0.2, 0) is 5.41 Å². The lowest BCUT2D eigenvalue weighted by atomic mass is 9.76. The van der Waals surface area contributed by atoms with Gasteiger partial charge in [0.05, 0.1) is 23.3 Å². The molecule has 0 N–H and O–H groups in total. The maximum Gasteiger partial charge on any atom is 0.0979 e. The molecule has 71 heavy (non-hydrogen) atoms. The van der Waals surface area contributed by atoms with Crippen LogP contribution >= 0.6 is 11.3 Å². The van der Waals surface area contributed by atoms with E-state index in [1.165, 1.54) is 104 Å². The van der Waals surface area contributed by atoms with Gasteiger partial charge < -0.3 is 0 Å². The number of aromatic nitrogens is 2. The maximum atomic E-state index is 5.76. The van der Waals surface area contributed by atoms with Crippen molar-refractivity contribution in [2.24, 2.45) is 0 Å². The fourth-order valence-electron chi connectivity index (χ4n) is 11.7. The molecule has 2 aliphatic rings. The molecule has 12 aromatic rings. The first-order valence-electron chi connectivity index (χ1n) is 24.6. The minimum atomic E-state index is -0.247. The monoisotopic (exact) mass is 922 g/mol. The summed E-state index contributed by atoms with van der Waals surface area (Å²) in [7, 11) is 0. The van der Waals surface area contributed by atoms with Gasteiger partial charge in [-0.05, 0) is 118 Å². The molecule has 10 aromatic carbocycles. The second-order valence-corrected chi connectivity index (χ2v) is 21.0. The molecule has 2 aliphatic carbocycles. The average Bonchev–Trinajstić information content (AvgIpc) is 3.81. The SMILES string of the molecule is CC(C)(C)c1c(-c2ccc3c(c2)-c2ccccc2-c2ccccc2-c2ccccc2-3)cccc1-c1cnc2c(n1)-c1ccccc1-c1ccccc1-c1cc(-c3cccc4c3sc3ccccc34)ccc1-2. The smallest absolute Gasteiger partial charge is 0.0979 e. The molecule has 334 valence electrons. The lowest BCUT2D eigenvalue weighted by molar-refractivity contribution is 0.593. The van der Waals surface area contributed by atoms with Crippen molar-refractivity contribution >= 4 is 31.5 Å². The van der Waals surface area contributed by atoms with Crippen LogP contribution < -0.4 is 0 Å². The van der Waals surface area contributed by atoms with E-state index in [-0.39, 0.29) is 5.41 Å². The van der Waals surface area contributed by atoms with Crippen molar-refractivity contribution in [2.45, 2.75) is 26.2 Å². The highest BCUT2D eigenvalue weighted by Gasteiger charge is 2.29. The molecule has 0 spiro atoms. The van der Waals surface area contributed by atoms with Crippen LogP contribution in [0.1, 0.15) is 26.3 Å². The van der Waals surface area contributed by atoms with E-state index in [1.54, 1.807) is 0 Å². The van der Waals surface area contributed by atoms with Gasteiger partial charge in [-0.3, -0.25) is 4.98 Å². The highest BCUT2D eigenvalue weighted by atomic mass is 32.1. The van der Waals surface area contributed by atoms with Gasteiger partial charge in [0.1, 0.15) is 0 Å². The van der Waals surface area contributed by atoms with Crippen LogP contribution in [-0.4, -0.2) is 9.97 Å². The molecule has 0 unspecified atom stereocenters. The fraction of sp³-hybridized carbons (Fsp3) is 0.0588. The zero-order valence-corrected chi connectivity index (χ0v) is 40.5. The largest absolute Gasteiger partial charge is 0.252 e. The molecule has 0 aliphatic heterocycles. The van der Waals surface area contributed by atoms with Gasteiger partial charge in [0.25, 0.3) is 0 Å². The quantitative estimate of drug-likeness (QED) is 0.176. The van der Waals surface area contributed by atoms with Crippen molar-refractivity contribution in [1.29, 1.82) is 0 Å². The Morgan fingerprint density at radius 1 is 0.324 bits per heavy atom. The van der Waals surface area contributed by atoms with Crippen molar-refractivity contribution in [2.75, 3.05) is 0 Å². The van der Waals surface area contributed by atoms with E-state index in [0.717, 1.165) is 44.9 Å². The van der Waals surface area contributed by atoms with Crippen molar-refractivity contribution < 1.29 is 0 Å². The number of benzene rings is 10. The molecule has 0 saturated heterocycles. The lowest BCUT2D eigenvalue weighted by Gasteiger charge is -2.28. The van der Waals surface area contributed by atoms with Crippen LogP contribution in [0.25, 0.3) is 143 Å². The van der Waals surface area contributed by atoms with Crippen molar-refractivity contribution in [3.8, 4) is 123 Å². The fourth-order valence-corrected chi connectivity index (χ4v) is 13.0. The van der Waals surface area contributed by atoms with E-state index in [1.807, 2.05) is 17.5 Å². The molecular formula is C68H46N2S. The summed E-state index contributed by atoms with van der Waals surface area (Å²) in [5.74, 6) is 0. The number of hydrogen-bond acceptors (Lipinski definition) is 3. The standard InChI is InChI=1S/C68H46N2S/c1-68(2,3)64-43(41-34-36-54-49-22-7-6-20-47(49)45-18-4-5-19-46(45)48-21-8-10-25-52(48)60(54)38-41)29-16-32-59(64)62-40-69-65-57-37-35-42(44-30-17-31-58-55-27-14-15-33-63(55)71-67(44)58)39-61(57)53-26-11-9-23-50(53)51-24-12-13-28-56(51)66(65)70-62/h4-40H,1-3H3. The average molecular weight is 923 g/mol. The van der Waals surface area contributed by atoms with Crippen LogP contribution in [0.15, 0.2) is 225 Å². The normalized spacial score (nSPS) is 12.2. The minimum Gasteiger partial charge on any atom is -0.252 e. The predicted octanol–water partition coefficient (Wildman–Crippen LogP) is 19.1. The number of hydrogen-bond donors (Lipinski definition) is 0. The topological polar surface area (TPSA) is 25.8 Å². The Labute approximate surface area is 418 Å². The number of thiophene rings is 1. The summed E-state index contributed by atoms with van der Waals surface area (Å²) in [5.41, 5.74) is 26.3. The van der Waals surface area contributed by atoms with Crippen molar-refractivity contribution in [3.63, 3.8) is 0 Å². The maximum absolute atomic E-state index is 5.76. The van der Waals surface area contributed by atoms with E-state index in [9.17, 15) is 0 Å². The van der Waals surface area contributed by atoms with Crippen molar-refractivity contribution in [3.05, 3.63) is 230 Å². The van der Waals surface area contributed by atoms with Crippen LogP contribution in [0, 0.1) is 0 Å². The highest BCUT2D eigenvalue weighted by molar-refractivity contribution is 7.26. The van der Waals surface area contributed by atoms with Gasteiger partial charge in [0.15, 0.2) is 0 Å². The number of nitrogens with zero attached hydrogens (tertiary/aromatic N) is 2. The van der Waals surface area contributed by atoms with E-state index < -0.39 is 0 Å². The Morgan fingerprint density at radius 2 is 0.718 bits per heavy atom. The zero-order valence-electron chi connectivity index (χ0n) is 39.7. The zero-order chi connectivity index (χ0) is 47.4. The molecule has 2 heterocycles. The summed E-state index contributed by atoms with van der Waals surface area (Å²) in [6.07, 6.45) is 2.02. The van der Waals surface area contributed by atoms with E-state index in [2.05, 4.69) is 239 Å². The predicted molar refractivity (Wildman–Crippen MR) is 301 cm³/mol. The molecular weight excluding hydrogens is 877 g/mol. The molecule has 0 fully saturated rings. The van der Waals surface area contributed by atoms with E-state index >= 15 is 0 Å². The summed E-state index contributed by atoms with van der Waals surface area (Å²) in [5, 5.41) is 2.60. The Hall–Kier alpha value is -8.50. The van der Waals surface area contributed by atoms with Gasteiger partial charge in [-0.15, -0.1) is 11.3 Å². The van der Waals surface area contributed by atoms with Crippen molar-refractivity contribution in [1.82, 2.24) is 9.97 Å². The number of rotatable bonds is 3. The Bertz CT molecular complexity index is 4160.